The summed E-state index contributed by atoms with van der Waals surface area (Å²) in [5.74, 6) is 0.948. The molecule has 100 valence electrons. The van der Waals surface area contributed by atoms with Gasteiger partial charge in [0.05, 0.1) is 0 Å². The molecule has 0 aromatic carbocycles. The van der Waals surface area contributed by atoms with Crippen LogP contribution in [0, 0.1) is 11.3 Å². The zero-order chi connectivity index (χ0) is 12.3. The minimum absolute atomic E-state index is 0.519. The first kappa shape index (κ1) is 13.4. The van der Waals surface area contributed by atoms with Gasteiger partial charge in [-0.1, -0.05) is 20.8 Å². The van der Waals surface area contributed by atoms with Crippen LogP contribution in [0.15, 0.2) is 0 Å². The van der Waals surface area contributed by atoms with Crippen LogP contribution in [0.1, 0.15) is 52.9 Å². The molecule has 0 atom stereocenters. The Kier molecular flexibility index (Phi) is 4.48. The van der Waals surface area contributed by atoms with E-state index in [1.54, 1.807) is 0 Å². The van der Waals surface area contributed by atoms with Crippen LogP contribution in [-0.2, 0) is 0 Å². The number of rotatable bonds is 1. The summed E-state index contributed by atoms with van der Waals surface area (Å²) in [6.45, 7) is 12.2. The van der Waals surface area contributed by atoms with Crippen LogP contribution in [0.2, 0.25) is 0 Å². The Balaban J connectivity index is 1.81. The van der Waals surface area contributed by atoms with Gasteiger partial charge in [0.2, 0.25) is 0 Å². The van der Waals surface area contributed by atoms with Gasteiger partial charge in [0.25, 0.3) is 0 Å². The quantitative estimate of drug-likeness (QED) is 0.755. The van der Waals surface area contributed by atoms with E-state index in [0.29, 0.717) is 5.41 Å². The summed E-state index contributed by atoms with van der Waals surface area (Å²) in [4.78, 5) is 2.75. The lowest BCUT2D eigenvalue weighted by Crippen LogP contribution is -2.41. The van der Waals surface area contributed by atoms with Crippen molar-refractivity contribution in [2.75, 3.05) is 26.2 Å². The molecule has 0 aromatic heterocycles. The minimum atomic E-state index is 0.519. The van der Waals surface area contributed by atoms with E-state index in [0.717, 1.165) is 12.0 Å². The fourth-order valence-electron chi connectivity index (χ4n) is 3.54. The molecule has 0 bridgehead atoms. The van der Waals surface area contributed by atoms with Gasteiger partial charge in [-0.3, -0.25) is 4.90 Å². The summed E-state index contributed by atoms with van der Waals surface area (Å²) >= 11 is 0. The Hall–Kier alpha value is -0.0800. The lowest BCUT2D eigenvalue weighted by molar-refractivity contribution is 0.0997. The lowest BCUT2D eigenvalue weighted by Gasteiger charge is -2.40. The van der Waals surface area contributed by atoms with E-state index in [2.05, 4.69) is 31.0 Å². The summed E-state index contributed by atoms with van der Waals surface area (Å²) in [6, 6.07) is 0.883. The van der Waals surface area contributed by atoms with Crippen molar-refractivity contribution >= 4 is 0 Å². The summed E-state index contributed by atoms with van der Waals surface area (Å²) in [5, 5.41) is 3.51. The van der Waals surface area contributed by atoms with Crippen LogP contribution < -0.4 is 5.32 Å². The molecule has 17 heavy (non-hydrogen) atoms. The molecule has 1 N–H and O–H groups in total. The summed E-state index contributed by atoms with van der Waals surface area (Å²) < 4.78 is 0. The van der Waals surface area contributed by atoms with Crippen molar-refractivity contribution in [3.8, 4) is 0 Å². The van der Waals surface area contributed by atoms with E-state index in [1.807, 2.05) is 0 Å². The summed E-state index contributed by atoms with van der Waals surface area (Å²) in [7, 11) is 0. The minimum Gasteiger partial charge on any atom is -0.315 e. The van der Waals surface area contributed by atoms with Crippen molar-refractivity contribution < 1.29 is 0 Å². The molecular weight excluding hydrogens is 208 g/mol. The average molecular weight is 238 g/mol. The first-order chi connectivity index (χ1) is 8.07. The molecule has 1 heterocycles. The van der Waals surface area contributed by atoms with Crippen LogP contribution in [0.25, 0.3) is 0 Å². The molecule has 0 spiro atoms. The van der Waals surface area contributed by atoms with E-state index in [9.17, 15) is 0 Å². The third-order valence-electron chi connectivity index (χ3n) is 4.81. The Morgan fingerprint density at radius 2 is 1.65 bits per heavy atom. The summed E-state index contributed by atoms with van der Waals surface area (Å²) in [5.41, 5.74) is 0.519. The molecule has 2 rings (SSSR count). The zero-order valence-corrected chi connectivity index (χ0v) is 12.0. The van der Waals surface area contributed by atoms with Crippen LogP contribution in [0.5, 0.6) is 0 Å². The molecule has 2 nitrogen and oxygen atoms in total. The van der Waals surface area contributed by atoms with Crippen LogP contribution in [0.4, 0.5) is 0 Å². The number of nitrogens with one attached hydrogen (secondary N) is 1. The zero-order valence-electron chi connectivity index (χ0n) is 12.0. The highest BCUT2D eigenvalue weighted by Gasteiger charge is 2.31. The van der Waals surface area contributed by atoms with E-state index < -0.39 is 0 Å². The molecule has 2 aliphatic rings. The average Bonchev–Trinajstić information content (AvgIpc) is 2.56. The third-order valence-corrected chi connectivity index (χ3v) is 4.81. The van der Waals surface area contributed by atoms with Crippen molar-refractivity contribution in [3.63, 3.8) is 0 Å². The molecule has 0 aromatic rings. The highest BCUT2D eigenvalue weighted by Crippen LogP contribution is 2.38. The molecule has 1 saturated heterocycles. The maximum Gasteiger partial charge on any atom is 0.0110 e. The van der Waals surface area contributed by atoms with Crippen LogP contribution in [-0.4, -0.2) is 37.1 Å². The summed E-state index contributed by atoms with van der Waals surface area (Å²) in [6.07, 6.45) is 7.08. The number of hydrogen-bond donors (Lipinski definition) is 1. The molecule has 0 unspecified atom stereocenters. The van der Waals surface area contributed by atoms with E-state index in [4.69, 9.17) is 0 Å². The van der Waals surface area contributed by atoms with Crippen molar-refractivity contribution in [2.24, 2.45) is 11.3 Å². The predicted octanol–water partition coefficient (Wildman–Crippen LogP) is 2.89. The van der Waals surface area contributed by atoms with Gasteiger partial charge in [-0.2, -0.15) is 0 Å². The first-order valence-electron chi connectivity index (χ1n) is 7.52. The molecule has 1 aliphatic carbocycles. The Morgan fingerprint density at radius 1 is 0.941 bits per heavy atom. The first-order valence-corrected chi connectivity index (χ1v) is 7.52. The van der Waals surface area contributed by atoms with Gasteiger partial charge in [-0.05, 0) is 56.5 Å². The van der Waals surface area contributed by atoms with Gasteiger partial charge in [-0.25, -0.2) is 0 Å². The largest absolute Gasteiger partial charge is 0.315 e. The van der Waals surface area contributed by atoms with Crippen molar-refractivity contribution in [3.05, 3.63) is 0 Å². The Labute approximate surface area is 107 Å². The van der Waals surface area contributed by atoms with Crippen molar-refractivity contribution in [2.45, 2.75) is 58.9 Å². The Bertz CT molecular complexity index is 216. The van der Waals surface area contributed by atoms with Crippen molar-refractivity contribution in [1.29, 1.82) is 0 Å². The number of hydrogen-bond acceptors (Lipinski definition) is 2. The second-order valence-electron chi connectivity index (χ2n) is 7.01. The molecular formula is C15H30N2. The fraction of sp³-hybridized carbons (Fsp3) is 1.00. The second kappa shape index (κ2) is 5.71. The molecule has 2 fully saturated rings. The van der Waals surface area contributed by atoms with Crippen LogP contribution >= 0.6 is 0 Å². The molecule has 2 heteroatoms. The molecule has 1 aliphatic heterocycles. The highest BCUT2D eigenvalue weighted by atomic mass is 15.2. The number of nitrogens with zero attached hydrogens (tertiary/aromatic N) is 1. The Morgan fingerprint density at radius 3 is 2.29 bits per heavy atom. The van der Waals surface area contributed by atoms with Gasteiger partial charge in [0.15, 0.2) is 0 Å². The highest BCUT2D eigenvalue weighted by molar-refractivity contribution is 4.85. The van der Waals surface area contributed by atoms with Gasteiger partial charge in [0.1, 0.15) is 0 Å². The third kappa shape index (κ3) is 3.69. The topological polar surface area (TPSA) is 15.3 Å². The van der Waals surface area contributed by atoms with Gasteiger partial charge in [-0.15, -0.1) is 0 Å². The standard InChI is InChI=1S/C15H30N2/c1-15(2,3)13-5-7-14(8-6-13)17-11-4-9-16-10-12-17/h13-14,16H,4-12H2,1-3H3. The van der Waals surface area contributed by atoms with Crippen molar-refractivity contribution in [1.82, 2.24) is 10.2 Å². The van der Waals surface area contributed by atoms with Gasteiger partial charge < -0.3 is 5.32 Å². The maximum absolute atomic E-state index is 3.51. The normalized spacial score (nSPS) is 33.4. The maximum atomic E-state index is 3.51. The van der Waals surface area contributed by atoms with Crippen LogP contribution in [0.3, 0.4) is 0 Å². The van der Waals surface area contributed by atoms with Gasteiger partial charge in [0, 0.05) is 19.1 Å². The van der Waals surface area contributed by atoms with E-state index in [-0.39, 0.29) is 0 Å². The smallest absolute Gasteiger partial charge is 0.0110 e. The monoisotopic (exact) mass is 238 g/mol. The predicted molar refractivity (Wildman–Crippen MR) is 74.3 cm³/mol. The second-order valence-corrected chi connectivity index (χ2v) is 7.01. The van der Waals surface area contributed by atoms with E-state index in [1.165, 1.54) is 58.3 Å². The lowest BCUT2D eigenvalue weighted by atomic mass is 9.71. The SMILES string of the molecule is CC(C)(C)C1CCC(N2CCCNCC2)CC1. The van der Waals surface area contributed by atoms with E-state index >= 15 is 0 Å². The fourth-order valence-corrected chi connectivity index (χ4v) is 3.54. The van der Waals surface area contributed by atoms with Gasteiger partial charge >= 0.3 is 0 Å². The molecule has 1 saturated carbocycles. The molecule has 0 radical (unpaired) electrons. The molecule has 0 amide bonds.